The Kier molecular flexibility index (Phi) is 19.1. The van der Waals surface area contributed by atoms with Gasteiger partial charge in [-0.05, 0) is 107 Å². The van der Waals surface area contributed by atoms with Crippen molar-refractivity contribution in [2.75, 3.05) is 59.8 Å². The number of likely N-dealkylation sites (tertiary alicyclic amines) is 1. The molecule has 3 atom stereocenters. The minimum Gasteiger partial charge on any atom is -0.491 e. The van der Waals surface area contributed by atoms with Crippen LogP contribution >= 0.6 is 11.3 Å². The van der Waals surface area contributed by atoms with E-state index in [2.05, 4.69) is 39.2 Å². The van der Waals surface area contributed by atoms with Gasteiger partial charge in [0, 0.05) is 46.5 Å². The predicted molar refractivity (Wildman–Crippen MR) is 272 cm³/mol. The lowest BCUT2D eigenvalue weighted by Gasteiger charge is -2.35. The number of amides is 2. The Balaban J connectivity index is 0.789. The fourth-order valence-electron chi connectivity index (χ4n) is 9.32. The summed E-state index contributed by atoms with van der Waals surface area (Å²) in [6.07, 6.45) is 6.65. The van der Waals surface area contributed by atoms with E-state index in [1.54, 1.807) is 55.7 Å². The fourth-order valence-corrected chi connectivity index (χ4v) is 10.3. The number of thiazole rings is 1. The predicted octanol–water partition coefficient (Wildman–Crippen LogP) is 8.07. The maximum absolute atomic E-state index is 14.2. The van der Waals surface area contributed by atoms with Crippen molar-refractivity contribution in [1.29, 1.82) is 10.5 Å². The van der Waals surface area contributed by atoms with Gasteiger partial charge < -0.3 is 39.0 Å². The summed E-state index contributed by atoms with van der Waals surface area (Å²) in [4.78, 5) is 47.4. The summed E-state index contributed by atoms with van der Waals surface area (Å²) in [6, 6.07) is 25.7. The van der Waals surface area contributed by atoms with Crippen LogP contribution in [0.15, 0.2) is 78.2 Å². The van der Waals surface area contributed by atoms with E-state index in [0.29, 0.717) is 80.9 Å². The highest BCUT2D eigenvalue weighted by Gasteiger charge is 2.40. The molecule has 2 amide bonds. The molecule has 1 saturated heterocycles. The zero-order chi connectivity index (χ0) is 50.1. The number of ketones is 1. The summed E-state index contributed by atoms with van der Waals surface area (Å²) in [6.45, 7) is 9.41. The van der Waals surface area contributed by atoms with E-state index in [-0.39, 0.29) is 36.2 Å². The number of carbonyl (C=O) groups is 3. The number of aromatic nitrogens is 2. The second-order valence-electron chi connectivity index (χ2n) is 17.9. The van der Waals surface area contributed by atoms with Gasteiger partial charge in [-0.25, -0.2) is 4.98 Å². The maximum atomic E-state index is 14.2. The van der Waals surface area contributed by atoms with Gasteiger partial charge in [0.2, 0.25) is 17.6 Å². The van der Waals surface area contributed by atoms with Crippen molar-refractivity contribution >= 4 is 28.9 Å². The quantitative estimate of drug-likeness (QED) is 0.0389. The highest BCUT2D eigenvalue weighted by atomic mass is 32.1. The van der Waals surface area contributed by atoms with Gasteiger partial charge in [0.15, 0.2) is 0 Å². The van der Waals surface area contributed by atoms with Gasteiger partial charge in [-0.1, -0.05) is 67.5 Å². The maximum Gasteiger partial charge on any atom is 0.246 e. The third-order valence-corrected chi connectivity index (χ3v) is 14.2. The summed E-state index contributed by atoms with van der Waals surface area (Å²) >= 11 is 1.39. The Morgan fingerprint density at radius 2 is 1.56 bits per heavy atom. The SMILES string of the molecule is CN[C@@H](C)C(=O)N[C@H](C(=O)N1CCC[C@H]1c1nc(C(=O)c2cccc(OCCOCCOCCOCC#Cc3cccc(Cn4c(C)c(C#N)c(-c5ccc(C#N)cc5)c4C)c3)c2)cs1)C1CCCCC1. The molecule has 370 valence electrons. The van der Waals surface area contributed by atoms with Gasteiger partial charge >= 0.3 is 0 Å². The van der Waals surface area contributed by atoms with Crippen LogP contribution in [0.4, 0.5) is 0 Å². The second kappa shape index (κ2) is 26.0. The Morgan fingerprint density at radius 1 is 0.831 bits per heavy atom. The van der Waals surface area contributed by atoms with Crippen molar-refractivity contribution in [1.82, 2.24) is 25.1 Å². The number of nitriles is 2. The van der Waals surface area contributed by atoms with Gasteiger partial charge in [0.05, 0.1) is 62.3 Å². The topological polar surface area (TPSA) is 181 Å². The average Bonchev–Trinajstić information content (AvgIpc) is 4.15. The number of hydrogen-bond donors (Lipinski definition) is 2. The Morgan fingerprint density at radius 3 is 2.30 bits per heavy atom. The lowest BCUT2D eigenvalue weighted by Crippen LogP contribution is -2.55. The Hall–Kier alpha value is -6.64. The van der Waals surface area contributed by atoms with Crippen LogP contribution in [0, 0.1) is 54.3 Å². The van der Waals surface area contributed by atoms with Crippen LogP contribution in [0.5, 0.6) is 5.75 Å². The van der Waals surface area contributed by atoms with Gasteiger partial charge in [0.1, 0.15) is 41.8 Å². The minimum atomic E-state index is -0.582. The molecule has 15 heteroatoms. The smallest absolute Gasteiger partial charge is 0.246 e. The van der Waals surface area contributed by atoms with Crippen LogP contribution in [0.25, 0.3) is 11.1 Å². The lowest BCUT2D eigenvalue weighted by atomic mass is 9.83. The van der Waals surface area contributed by atoms with Crippen LogP contribution in [-0.4, -0.2) is 104 Å². The summed E-state index contributed by atoms with van der Waals surface area (Å²) in [5, 5.41) is 27.8. The van der Waals surface area contributed by atoms with Crippen molar-refractivity contribution in [2.45, 2.75) is 90.4 Å². The van der Waals surface area contributed by atoms with E-state index in [0.717, 1.165) is 83.6 Å². The van der Waals surface area contributed by atoms with Crippen LogP contribution < -0.4 is 15.4 Å². The first kappa shape index (κ1) is 52.2. The molecule has 2 aliphatic rings. The minimum absolute atomic E-state index is 0.0603. The standard InChI is InChI=1S/C56H63N7O7S/c1-38(59-4)54(65)61-52(45-15-6-5-7-16-45)56(66)62-24-10-19-50(62)55-60-49(37-71-55)53(64)46-17-9-18-47(33-46)70-31-30-69-29-28-68-27-26-67-25-11-14-41-12-8-13-43(32-41)36-63-39(2)48(35-58)51(40(63)3)44-22-20-42(34-57)21-23-44/h8-9,12-13,17-18,20-23,32-33,37-38,45,50,52,59H,5-7,10,15-16,19,24-31,36H2,1-4H3,(H,61,65)/t38-,50-,52-/m0/s1. The van der Waals surface area contributed by atoms with Gasteiger partial charge in [-0.2, -0.15) is 10.5 Å². The molecular weight excluding hydrogens is 915 g/mol. The summed E-state index contributed by atoms with van der Waals surface area (Å²) in [5.41, 5.74) is 7.60. The second-order valence-corrected chi connectivity index (χ2v) is 18.8. The number of benzene rings is 3. The van der Waals surface area contributed by atoms with Crippen molar-refractivity contribution in [3.05, 3.63) is 128 Å². The van der Waals surface area contributed by atoms with Gasteiger partial charge in [0.25, 0.3) is 0 Å². The average molecular weight is 978 g/mol. The molecule has 2 aromatic heterocycles. The number of nitrogens with zero attached hydrogens (tertiary/aromatic N) is 5. The summed E-state index contributed by atoms with van der Waals surface area (Å²) in [7, 11) is 1.74. The highest BCUT2D eigenvalue weighted by molar-refractivity contribution is 7.10. The van der Waals surface area contributed by atoms with Crippen LogP contribution in [0.2, 0.25) is 0 Å². The zero-order valence-corrected chi connectivity index (χ0v) is 41.9. The van der Waals surface area contributed by atoms with Crippen molar-refractivity contribution in [3.63, 3.8) is 0 Å². The Bertz CT molecular complexity index is 2770. The molecule has 14 nitrogen and oxygen atoms in total. The molecule has 1 aliphatic carbocycles. The first-order chi connectivity index (χ1) is 34.6. The molecule has 1 saturated carbocycles. The summed E-state index contributed by atoms with van der Waals surface area (Å²) in [5.74, 6) is 6.44. The molecular formula is C56H63N7O7S. The highest BCUT2D eigenvalue weighted by Crippen LogP contribution is 2.37. The summed E-state index contributed by atoms with van der Waals surface area (Å²) < 4.78 is 25.1. The molecule has 7 rings (SSSR count). The third-order valence-electron chi connectivity index (χ3n) is 13.3. The largest absolute Gasteiger partial charge is 0.491 e. The molecule has 0 unspecified atom stereocenters. The molecule has 3 aromatic carbocycles. The molecule has 2 fully saturated rings. The van der Waals surface area contributed by atoms with Gasteiger partial charge in [-0.15, -0.1) is 11.3 Å². The van der Waals surface area contributed by atoms with E-state index in [1.807, 2.05) is 55.1 Å². The van der Waals surface area contributed by atoms with Crippen LogP contribution in [0.1, 0.15) is 113 Å². The number of likely N-dealkylation sites (N-methyl/N-ethyl adjacent to an activating group) is 1. The molecule has 5 aromatic rings. The molecule has 1 aliphatic heterocycles. The first-order valence-electron chi connectivity index (χ1n) is 24.5. The number of nitrogens with one attached hydrogen (secondary N) is 2. The molecule has 0 bridgehead atoms. The first-order valence-corrected chi connectivity index (χ1v) is 25.4. The van der Waals surface area contributed by atoms with Crippen molar-refractivity contribution in [2.24, 2.45) is 5.92 Å². The van der Waals surface area contributed by atoms with Crippen LogP contribution in [-0.2, 0) is 30.3 Å². The van der Waals surface area contributed by atoms with Crippen molar-refractivity contribution in [3.8, 4) is 40.9 Å². The molecule has 2 N–H and O–H groups in total. The number of ether oxygens (including phenoxy) is 4. The van der Waals surface area contributed by atoms with E-state index < -0.39 is 12.1 Å². The van der Waals surface area contributed by atoms with E-state index >= 15 is 0 Å². The third kappa shape index (κ3) is 13.6. The molecule has 71 heavy (non-hydrogen) atoms. The Labute approximate surface area is 421 Å². The number of rotatable bonds is 22. The van der Waals surface area contributed by atoms with E-state index in [1.165, 1.54) is 11.3 Å². The molecule has 0 radical (unpaired) electrons. The fraction of sp³-hybridized carbons (Fsp3) is 0.429. The normalized spacial score (nSPS) is 15.5. The van der Waals surface area contributed by atoms with E-state index in [4.69, 9.17) is 23.9 Å². The zero-order valence-electron chi connectivity index (χ0n) is 41.1. The van der Waals surface area contributed by atoms with Crippen LogP contribution in [0.3, 0.4) is 0 Å². The van der Waals surface area contributed by atoms with Gasteiger partial charge in [-0.3, -0.25) is 14.4 Å². The lowest BCUT2D eigenvalue weighted by molar-refractivity contribution is -0.139. The molecule has 3 heterocycles. The van der Waals surface area contributed by atoms with Crippen molar-refractivity contribution < 1.29 is 33.3 Å². The number of hydrogen-bond acceptors (Lipinski definition) is 12. The monoisotopic (exact) mass is 977 g/mol. The van der Waals surface area contributed by atoms with E-state index in [9.17, 15) is 24.9 Å². The molecule has 0 spiro atoms. The number of carbonyl (C=O) groups excluding carboxylic acids is 3.